The molecule has 1 saturated carbocycles. The second-order valence-corrected chi connectivity index (χ2v) is 6.60. The van der Waals surface area contributed by atoms with Crippen LogP contribution >= 0.6 is 23.2 Å². The summed E-state index contributed by atoms with van der Waals surface area (Å²) in [7, 11) is 2.52. The fraction of sp³-hybridized carbons (Fsp3) is 0.353. The minimum Gasteiger partial charge on any atom is -0.492 e. The molecule has 0 unspecified atom stereocenters. The highest BCUT2D eigenvalue weighted by Gasteiger charge is 2.25. The number of benzene rings is 1. The summed E-state index contributed by atoms with van der Waals surface area (Å²) in [6.45, 7) is 0.656. The Labute approximate surface area is 159 Å². The average molecular weight is 400 g/mol. The highest BCUT2D eigenvalue weighted by Crippen LogP contribution is 2.36. The van der Waals surface area contributed by atoms with E-state index in [0.29, 0.717) is 12.5 Å². The van der Waals surface area contributed by atoms with Gasteiger partial charge < -0.3 is 14.8 Å². The second kappa shape index (κ2) is 7.63. The molecule has 9 heteroatoms. The Hall–Kier alpha value is -2.12. The van der Waals surface area contributed by atoms with Crippen molar-refractivity contribution < 1.29 is 18.7 Å². The molecule has 0 radical (unpaired) electrons. The van der Waals surface area contributed by atoms with E-state index in [1.165, 1.54) is 26.4 Å². The zero-order valence-corrected chi connectivity index (χ0v) is 15.6. The molecule has 1 aliphatic rings. The molecule has 1 aromatic heterocycles. The molecule has 26 heavy (non-hydrogen) atoms. The first-order valence-electron chi connectivity index (χ1n) is 7.88. The zero-order chi connectivity index (χ0) is 18.8. The number of carbonyl (C=O) groups is 1. The third kappa shape index (κ3) is 3.68. The van der Waals surface area contributed by atoms with E-state index in [0.717, 1.165) is 12.8 Å². The topological polar surface area (TPSA) is 73.3 Å². The first kappa shape index (κ1) is 18.7. The van der Waals surface area contributed by atoms with Crippen LogP contribution in [0.5, 0.6) is 5.75 Å². The fourth-order valence-electron chi connectivity index (χ4n) is 2.37. The van der Waals surface area contributed by atoms with Crippen molar-refractivity contribution in [3.63, 3.8) is 0 Å². The number of nitrogens with one attached hydrogen (secondary N) is 1. The summed E-state index contributed by atoms with van der Waals surface area (Å²) in [5.41, 5.74) is -0.117. The maximum Gasteiger partial charge on any atom is 0.358 e. The summed E-state index contributed by atoms with van der Waals surface area (Å²) >= 11 is 12.2. The van der Waals surface area contributed by atoms with E-state index in [-0.39, 0.29) is 38.7 Å². The van der Waals surface area contributed by atoms with Gasteiger partial charge in [-0.25, -0.2) is 19.2 Å². The van der Waals surface area contributed by atoms with Crippen LogP contribution in [0.3, 0.4) is 0 Å². The maximum atomic E-state index is 14.7. The smallest absolute Gasteiger partial charge is 0.358 e. The van der Waals surface area contributed by atoms with Crippen LogP contribution in [0.25, 0.3) is 11.4 Å². The lowest BCUT2D eigenvalue weighted by molar-refractivity contribution is 0.0594. The van der Waals surface area contributed by atoms with Crippen molar-refractivity contribution >= 4 is 35.0 Å². The van der Waals surface area contributed by atoms with Crippen molar-refractivity contribution in [3.05, 3.63) is 33.7 Å². The van der Waals surface area contributed by atoms with Gasteiger partial charge in [0.25, 0.3) is 0 Å². The third-order valence-electron chi connectivity index (χ3n) is 3.98. The number of halogens is 3. The van der Waals surface area contributed by atoms with Crippen molar-refractivity contribution in [1.82, 2.24) is 9.97 Å². The van der Waals surface area contributed by atoms with Gasteiger partial charge in [-0.05, 0) is 30.9 Å². The van der Waals surface area contributed by atoms with Gasteiger partial charge in [-0.15, -0.1) is 0 Å². The summed E-state index contributed by atoms with van der Waals surface area (Å²) in [5, 5.41) is 3.24. The molecule has 3 rings (SSSR count). The highest BCUT2D eigenvalue weighted by atomic mass is 35.5. The lowest BCUT2D eigenvalue weighted by Gasteiger charge is -2.13. The molecule has 0 spiro atoms. The first-order valence-corrected chi connectivity index (χ1v) is 8.64. The number of esters is 1. The fourth-order valence-corrected chi connectivity index (χ4v) is 2.82. The molecule has 0 amide bonds. The van der Waals surface area contributed by atoms with E-state index >= 15 is 0 Å². The van der Waals surface area contributed by atoms with Crippen molar-refractivity contribution in [3.8, 4) is 17.1 Å². The third-order valence-corrected chi connectivity index (χ3v) is 4.63. The Bertz CT molecular complexity index is 860. The molecule has 1 N–H and O–H groups in total. The highest BCUT2D eigenvalue weighted by molar-refractivity contribution is 6.35. The molecule has 1 aliphatic carbocycles. The minimum atomic E-state index is -0.741. The van der Waals surface area contributed by atoms with Crippen LogP contribution in [-0.4, -0.2) is 36.7 Å². The molecular weight excluding hydrogens is 384 g/mol. The van der Waals surface area contributed by atoms with Gasteiger partial charge in [0.15, 0.2) is 23.1 Å². The molecule has 0 aliphatic heterocycles. The molecular formula is C17H16Cl2FN3O3. The molecule has 1 aromatic carbocycles. The van der Waals surface area contributed by atoms with E-state index < -0.39 is 11.8 Å². The molecule has 0 bridgehead atoms. The number of aromatic nitrogens is 2. The molecule has 138 valence electrons. The van der Waals surface area contributed by atoms with Crippen LogP contribution in [0, 0.1) is 11.7 Å². The van der Waals surface area contributed by atoms with Gasteiger partial charge in [-0.3, -0.25) is 0 Å². The minimum absolute atomic E-state index is 0.0273. The van der Waals surface area contributed by atoms with Crippen molar-refractivity contribution in [1.29, 1.82) is 0 Å². The molecule has 1 fully saturated rings. The summed E-state index contributed by atoms with van der Waals surface area (Å²) in [6.07, 6.45) is 2.24. The molecule has 0 atom stereocenters. The Morgan fingerprint density at radius 3 is 2.65 bits per heavy atom. The quantitative estimate of drug-likeness (QED) is 0.733. The van der Waals surface area contributed by atoms with E-state index in [1.807, 2.05) is 0 Å². The predicted molar refractivity (Wildman–Crippen MR) is 96.6 cm³/mol. The van der Waals surface area contributed by atoms with Crippen LogP contribution in [0.1, 0.15) is 23.3 Å². The standard InChI is InChI=1S/C17H16Cl2FN3O3/c1-25-14-10(18)6-5-9(12(14)20)15-22-13(17(24)26-2)11(19)16(23-15)21-7-8-3-4-8/h5-6,8H,3-4,7H2,1-2H3,(H,21,22,23). The first-order chi connectivity index (χ1) is 12.5. The Kier molecular flexibility index (Phi) is 5.48. The van der Waals surface area contributed by atoms with Gasteiger partial charge >= 0.3 is 5.97 Å². The summed E-state index contributed by atoms with van der Waals surface area (Å²) < 4.78 is 24.4. The average Bonchev–Trinajstić information content (AvgIpc) is 3.45. The van der Waals surface area contributed by atoms with E-state index in [2.05, 4.69) is 15.3 Å². The van der Waals surface area contributed by atoms with Crippen molar-refractivity contribution in [2.45, 2.75) is 12.8 Å². The summed E-state index contributed by atoms with van der Waals surface area (Å²) in [6, 6.07) is 2.88. The van der Waals surface area contributed by atoms with E-state index in [4.69, 9.17) is 32.7 Å². The number of ether oxygens (including phenoxy) is 2. The van der Waals surface area contributed by atoms with Gasteiger partial charge in [-0.1, -0.05) is 23.2 Å². The number of anilines is 1. The SMILES string of the molecule is COC(=O)c1nc(-c2ccc(Cl)c(OC)c2F)nc(NCC2CC2)c1Cl. The summed E-state index contributed by atoms with van der Waals surface area (Å²) in [4.78, 5) is 20.4. The number of rotatable bonds is 6. The summed E-state index contributed by atoms with van der Waals surface area (Å²) in [5.74, 6) is -0.841. The number of carbonyl (C=O) groups excluding carboxylic acids is 1. The van der Waals surface area contributed by atoms with Crippen molar-refractivity contribution in [2.75, 3.05) is 26.1 Å². The number of hydrogen-bond acceptors (Lipinski definition) is 6. The lowest BCUT2D eigenvalue weighted by Crippen LogP contribution is -2.13. The number of hydrogen-bond donors (Lipinski definition) is 1. The van der Waals surface area contributed by atoms with E-state index in [1.54, 1.807) is 0 Å². The molecule has 6 nitrogen and oxygen atoms in total. The number of nitrogens with zero attached hydrogens (tertiary/aromatic N) is 2. The molecule has 2 aromatic rings. The Balaban J connectivity index is 2.11. The maximum absolute atomic E-state index is 14.7. The predicted octanol–water partition coefficient (Wildman–Crippen LogP) is 4.21. The van der Waals surface area contributed by atoms with Gasteiger partial charge in [0, 0.05) is 6.54 Å². The van der Waals surface area contributed by atoms with Gasteiger partial charge in [0.05, 0.1) is 24.8 Å². The number of methoxy groups -OCH3 is 2. The van der Waals surface area contributed by atoms with E-state index in [9.17, 15) is 9.18 Å². The van der Waals surface area contributed by atoms with Crippen LogP contribution in [-0.2, 0) is 4.74 Å². The van der Waals surface area contributed by atoms with Crippen LogP contribution in [0.15, 0.2) is 12.1 Å². The largest absolute Gasteiger partial charge is 0.492 e. The van der Waals surface area contributed by atoms with Crippen molar-refractivity contribution in [2.24, 2.45) is 5.92 Å². The van der Waals surface area contributed by atoms with Gasteiger partial charge in [-0.2, -0.15) is 0 Å². The normalized spacial score (nSPS) is 13.4. The molecule has 0 saturated heterocycles. The van der Waals surface area contributed by atoms with Gasteiger partial charge in [0.2, 0.25) is 0 Å². The molecule has 1 heterocycles. The monoisotopic (exact) mass is 399 g/mol. The van der Waals surface area contributed by atoms with Crippen LogP contribution < -0.4 is 10.1 Å². The lowest BCUT2D eigenvalue weighted by atomic mass is 10.1. The Morgan fingerprint density at radius 1 is 1.31 bits per heavy atom. The van der Waals surface area contributed by atoms with Crippen LogP contribution in [0.4, 0.5) is 10.2 Å². The Morgan fingerprint density at radius 2 is 2.04 bits per heavy atom. The van der Waals surface area contributed by atoms with Gasteiger partial charge in [0.1, 0.15) is 10.8 Å². The van der Waals surface area contributed by atoms with Crippen LogP contribution in [0.2, 0.25) is 10.0 Å². The second-order valence-electron chi connectivity index (χ2n) is 5.82. The zero-order valence-electron chi connectivity index (χ0n) is 14.1.